The van der Waals surface area contributed by atoms with Gasteiger partial charge in [-0.25, -0.2) is 0 Å². The van der Waals surface area contributed by atoms with Gasteiger partial charge in [0.1, 0.15) is 0 Å². The quantitative estimate of drug-likeness (QED) is 0.722. The van der Waals surface area contributed by atoms with E-state index < -0.39 is 5.97 Å². The summed E-state index contributed by atoms with van der Waals surface area (Å²) in [5.41, 5.74) is 6.23. The molecule has 2 saturated carbocycles. The van der Waals surface area contributed by atoms with E-state index in [2.05, 4.69) is 0 Å². The third-order valence-electron chi connectivity index (χ3n) is 4.11. The van der Waals surface area contributed by atoms with Crippen molar-refractivity contribution < 1.29 is 9.90 Å². The van der Waals surface area contributed by atoms with Gasteiger partial charge in [-0.15, -0.1) is 0 Å². The second-order valence-electron chi connectivity index (χ2n) is 5.19. The van der Waals surface area contributed by atoms with Gasteiger partial charge in [-0.05, 0) is 43.4 Å². The summed E-state index contributed by atoms with van der Waals surface area (Å²) in [4.78, 5) is 10.9. The zero-order chi connectivity index (χ0) is 10.3. The molecule has 3 N–H and O–H groups in total. The lowest BCUT2D eigenvalue weighted by Crippen LogP contribution is -2.55. The molecule has 3 heteroatoms. The highest BCUT2D eigenvalue weighted by Crippen LogP contribution is 2.60. The summed E-state index contributed by atoms with van der Waals surface area (Å²) in [5.74, 6) is -0.307. The van der Waals surface area contributed by atoms with Crippen LogP contribution in [0.25, 0.3) is 0 Å². The van der Waals surface area contributed by atoms with Gasteiger partial charge in [-0.2, -0.15) is 0 Å². The van der Waals surface area contributed by atoms with Gasteiger partial charge >= 0.3 is 5.97 Å². The van der Waals surface area contributed by atoms with Gasteiger partial charge in [0.2, 0.25) is 0 Å². The molecular formula is C11H19NO2. The van der Waals surface area contributed by atoms with Crippen molar-refractivity contribution in [1.82, 2.24) is 0 Å². The number of carbonyl (C=O) groups is 1. The van der Waals surface area contributed by atoms with Crippen LogP contribution in [0.3, 0.4) is 0 Å². The fourth-order valence-electron chi connectivity index (χ4n) is 3.43. The van der Waals surface area contributed by atoms with Crippen molar-refractivity contribution in [2.45, 2.75) is 45.1 Å². The zero-order valence-electron chi connectivity index (χ0n) is 8.70. The molecule has 0 heterocycles. The normalized spacial score (nSPS) is 42.7. The first-order chi connectivity index (χ1) is 6.56. The molecule has 0 bridgehead atoms. The van der Waals surface area contributed by atoms with Crippen molar-refractivity contribution >= 4 is 5.97 Å². The van der Waals surface area contributed by atoms with Crippen molar-refractivity contribution in [2.75, 3.05) is 0 Å². The van der Waals surface area contributed by atoms with Crippen molar-refractivity contribution in [1.29, 1.82) is 0 Å². The van der Waals surface area contributed by atoms with E-state index in [0.29, 0.717) is 17.4 Å². The minimum absolute atomic E-state index is 0.113. The van der Waals surface area contributed by atoms with E-state index in [-0.39, 0.29) is 5.92 Å². The van der Waals surface area contributed by atoms with E-state index in [1.54, 1.807) is 0 Å². The summed E-state index contributed by atoms with van der Waals surface area (Å²) in [6, 6.07) is 0.390. The average Bonchev–Trinajstić information content (AvgIpc) is 1.97. The summed E-state index contributed by atoms with van der Waals surface area (Å²) >= 11 is 0. The Morgan fingerprint density at radius 3 is 2.43 bits per heavy atom. The number of rotatable bonds is 3. The summed E-state index contributed by atoms with van der Waals surface area (Å²) in [7, 11) is 0. The second kappa shape index (κ2) is 3.23. The molecule has 0 aliphatic heterocycles. The molecule has 2 aliphatic rings. The topological polar surface area (TPSA) is 63.3 Å². The van der Waals surface area contributed by atoms with Crippen molar-refractivity contribution in [3.63, 3.8) is 0 Å². The molecule has 1 atom stereocenters. The standard InChI is InChI=1S/C11H19NO2/c1-2-9(10(13)14)7-3-11(4-7)5-8(12)6-11/h7-9H,2-6,12H2,1H3,(H,13,14). The molecule has 80 valence electrons. The van der Waals surface area contributed by atoms with Gasteiger partial charge in [0, 0.05) is 6.04 Å². The molecule has 0 aromatic carbocycles. The van der Waals surface area contributed by atoms with Gasteiger partial charge in [0.25, 0.3) is 0 Å². The monoisotopic (exact) mass is 197 g/mol. The maximum atomic E-state index is 10.9. The van der Waals surface area contributed by atoms with E-state index in [1.165, 1.54) is 0 Å². The molecule has 1 spiro atoms. The molecule has 1 unspecified atom stereocenters. The molecule has 0 aromatic heterocycles. The predicted octanol–water partition coefficient (Wildman–Crippen LogP) is 1.61. The number of aliphatic carboxylic acids is 1. The van der Waals surface area contributed by atoms with Crippen LogP contribution >= 0.6 is 0 Å². The SMILES string of the molecule is CCC(C(=O)O)C1CC2(CC(N)C2)C1. The Hall–Kier alpha value is -0.570. The first kappa shape index (κ1) is 9.97. The predicted molar refractivity (Wildman–Crippen MR) is 53.8 cm³/mol. The molecule has 0 saturated heterocycles. The lowest BCUT2D eigenvalue weighted by Gasteiger charge is -2.58. The lowest BCUT2D eigenvalue weighted by molar-refractivity contribution is -0.150. The Kier molecular flexibility index (Phi) is 2.30. The van der Waals surface area contributed by atoms with Crippen LogP contribution in [-0.4, -0.2) is 17.1 Å². The zero-order valence-corrected chi connectivity index (χ0v) is 8.70. The Morgan fingerprint density at radius 1 is 1.50 bits per heavy atom. The van der Waals surface area contributed by atoms with Crippen molar-refractivity contribution in [3.05, 3.63) is 0 Å². The summed E-state index contributed by atoms with van der Waals surface area (Å²) in [5, 5.41) is 9.00. The number of carboxylic acids is 1. The van der Waals surface area contributed by atoms with Crippen molar-refractivity contribution in [3.8, 4) is 0 Å². The van der Waals surface area contributed by atoms with Gasteiger partial charge in [-0.3, -0.25) is 4.79 Å². The van der Waals surface area contributed by atoms with Crippen LogP contribution < -0.4 is 5.73 Å². The maximum Gasteiger partial charge on any atom is 0.306 e. The Labute approximate surface area is 84.7 Å². The highest BCUT2D eigenvalue weighted by molar-refractivity contribution is 5.70. The van der Waals surface area contributed by atoms with Crippen LogP contribution in [0.5, 0.6) is 0 Å². The highest BCUT2D eigenvalue weighted by atomic mass is 16.4. The molecule has 0 radical (unpaired) electrons. The molecule has 2 fully saturated rings. The molecular weight excluding hydrogens is 178 g/mol. The first-order valence-corrected chi connectivity index (χ1v) is 5.55. The number of hydrogen-bond donors (Lipinski definition) is 2. The van der Waals surface area contributed by atoms with Crippen LogP contribution in [0.4, 0.5) is 0 Å². The fourth-order valence-corrected chi connectivity index (χ4v) is 3.43. The molecule has 2 rings (SSSR count). The van der Waals surface area contributed by atoms with Gasteiger partial charge in [0.05, 0.1) is 5.92 Å². The highest BCUT2D eigenvalue weighted by Gasteiger charge is 2.54. The summed E-state index contributed by atoms with van der Waals surface area (Å²) < 4.78 is 0. The number of nitrogens with two attached hydrogens (primary N) is 1. The first-order valence-electron chi connectivity index (χ1n) is 5.55. The molecule has 3 nitrogen and oxygen atoms in total. The largest absolute Gasteiger partial charge is 0.481 e. The van der Waals surface area contributed by atoms with Crippen molar-refractivity contribution in [2.24, 2.45) is 23.0 Å². The Balaban J connectivity index is 1.84. The second-order valence-corrected chi connectivity index (χ2v) is 5.19. The van der Waals surface area contributed by atoms with Gasteiger partial charge in [0.15, 0.2) is 0 Å². The molecule has 0 amide bonds. The van der Waals surface area contributed by atoms with E-state index in [1.807, 2.05) is 6.92 Å². The maximum absolute atomic E-state index is 10.9. The number of hydrogen-bond acceptors (Lipinski definition) is 2. The summed E-state index contributed by atoms with van der Waals surface area (Å²) in [6.45, 7) is 1.97. The number of carboxylic acid groups (broad SMARTS) is 1. The molecule has 0 aromatic rings. The third-order valence-corrected chi connectivity index (χ3v) is 4.11. The van der Waals surface area contributed by atoms with E-state index in [0.717, 1.165) is 32.1 Å². The molecule has 2 aliphatic carbocycles. The lowest BCUT2D eigenvalue weighted by atomic mass is 9.48. The van der Waals surface area contributed by atoms with E-state index in [4.69, 9.17) is 10.8 Å². The van der Waals surface area contributed by atoms with Crippen LogP contribution in [0.15, 0.2) is 0 Å². The van der Waals surface area contributed by atoms with Crippen LogP contribution in [-0.2, 0) is 4.79 Å². The Bertz CT molecular complexity index is 238. The smallest absolute Gasteiger partial charge is 0.306 e. The fraction of sp³-hybridized carbons (Fsp3) is 0.909. The van der Waals surface area contributed by atoms with E-state index >= 15 is 0 Å². The van der Waals surface area contributed by atoms with Crippen LogP contribution in [0, 0.1) is 17.3 Å². The van der Waals surface area contributed by atoms with Gasteiger partial charge in [-0.1, -0.05) is 6.92 Å². The minimum atomic E-state index is -0.615. The minimum Gasteiger partial charge on any atom is -0.481 e. The van der Waals surface area contributed by atoms with Crippen LogP contribution in [0.2, 0.25) is 0 Å². The summed E-state index contributed by atoms with van der Waals surface area (Å²) in [6.07, 6.45) is 5.22. The van der Waals surface area contributed by atoms with Crippen LogP contribution in [0.1, 0.15) is 39.0 Å². The average molecular weight is 197 g/mol. The molecule has 14 heavy (non-hydrogen) atoms. The van der Waals surface area contributed by atoms with Gasteiger partial charge < -0.3 is 10.8 Å². The third kappa shape index (κ3) is 1.44. The van der Waals surface area contributed by atoms with E-state index in [9.17, 15) is 4.79 Å². The Morgan fingerprint density at radius 2 is 2.07 bits per heavy atom.